The summed E-state index contributed by atoms with van der Waals surface area (Å²) in [7, 11) is -2.83. The van der Waals surface area contributed by atoms with E-state index in [1.807, 2.05) is 51.1 Å². The zero-order valence-electron chi connectivity index (χ0n) is 23.8. The SMILES string of the molecule is COC(=O)[C@H](Cc1ccccc1)NC(=O)C1=C[C@@H](C(C)(C)C)N(S(=O)(=O)c2ccccc2C)[C@H]1c1ccc(Cl)cc1. The van der Waals surface area contributed by atoms with E-state index < -0.39 is 45.4 Å². The first-order valence-electron chi connectivity index (χ1n) is 13.3. The van der Waals surface area contributed by atoms with Crippen LogP contribution in [0.15, 0.2) is 95.4 Å². The molecule has 1 aliphatic heterocycles. The third kappa shape index (κ3) is 6.56. The fourth-order valence-electron chi connectivity index (χ4n) is 5.11. The molecule has 216 valence electrons. The molecule has 41 heavy (non-hydrogen) atoms. The van der Waals surface area contributed by atoms with Crippen LogP contribution in [-0.4, -0.2) is 43.8 Å². The van der Waals surface area contributed by atoms with Crippen molar-refractivity contribution in [2.45, 2.75) is 57.1 Å². The molecular weight excluding hydrogens is 560 g/mol. The van der Waals surface area contributed by atoms with Crippen molar-refractivity contribution in [3.63, 3.8) is 0 Å². The monoisotopic (exact) mass is 594 g/mol. The van der Waals surface area contributed by atoms with E-state index in [0.29, 0.717) is 16.1 Å². The van der Waals surface area contributed by atoms with Crippen LogP contribution in [0.4, 0.5) is 0 Å². The highest BCUT2D eigenvalue weighted by Gasteiger charge is 2.50. The number of carbonyl (C=O) groups is 2. The highest BCUT2D eigenvalue weighted by atomic mass is 35.5. The summed E-state index contributed by atoms with van der Waals surface area (Å²) in [5.41, 5.74) is 1.67. The molecule has 9 heteroatoms. The van der Waals surface area contributed by atoms with Crippen molar-refractivity contribution in [2.24, 2.45) is 5.41 Å². The van der Waals surface area contributed by atoms with Gasteiger partial charge in [0.1, 0.15) is 6.04 Å². The number of carbonyl (C=O) groups excluding carboxylic acids is 2. The van der Waals surface area contributed by atoms with Gasteiger partial charge in [0.2, 0.25) is 15.9 Å². The Morgan fingerprint density at radius 2 is 1.59 bits per heavy atom. The van der Waals surface area contributed by atoms with Gasteiger partial charge >= 0.3 is 5.97 Å². The summed E-state index contributed by atoms with van der Waals surface area (Å²) in [4.78, 5) is 26.9. The van der Waals surface area contributed by atoms with Crippen LogP contribution in [0.5, 0.6) is 0 Å². The number of hydrogen-bond acceptors (Lipinski definition) is 5. The van der Waals surface area contributed by atoms with Crippen molar-refractivity contribution in [1.82, 2.24) is 9.62 Å². The summed E-state index contributed by atoms with van der Waals surface area (Å²) >= 11 is 6.18. The quantitative estimate of drug-likeness (QED) is 0.341. The molecule has 0 radical (unpaired) electrons. The van der Waals surface area contributed by atoms with Crippen LogP contribution in [0.2, 0.25) is 5.02 Å². The number of halogens is 1. The summed E-state index contributed by atoms with van der Waals surface area (Å²) in [6, 6.07) is 20.3. The first-order chi connectivity index (χ1) is 19.3. The molecule has 0 aromatic heterocycles. The van der Waals surface area contributed by atoms with Crippen molar-refractivity contribution in [3.05, 3.63) is 112 Å². The summed E-state index contributed by atoms with van der Waals surface area (Å²) < 4.78 is 35.2. The van der Waals surface area contributed by atoms with E-state index in [2.05, 4.69) is 5.32 Å². The highest BCUT2D eigenvalue weighted by molar-refractivity contribution is 7.89. The number of nitrogens with one attached hydrogen (secondary N) is 1. The molecule has 0 unspecified atom stereocenters. The van der Waals surface area contributed by atoms with E-state index in [0.717, 1.165) is 5.56 Å². The van der Waals surface area contributed by atoms with Crippen LogP contribution < -0.4 is 5.32 Å². The Morgan fingerprint density at radius 1 is 0.976 bits per heavy atom. The first-order valence-corrected chi connectivity index (χ1v) is 15.2. The van der Waals surface area contributed by atoms with E-state index in [9.17, 15) is 18.0 Å². The van der Waals surface area contributed by atoms with Gasteiger partial charge in [0.15, 0.2) is 0 Å². The summed E-state index contributed by atoms with van der Waals surface area (Å²) in [6.07, 6.45) is 1.92. The third-order valence-electron chi connectivity index (χ3n) is 7.22. The van der Waals surface area contributed by atoms with Gasteiger partial charge in [-0.2, -0.15) is 4.31 Å². The van der Waals surface area contributed by atoms with Gasteiger partial charge in [-0.05, 0) is 47.2 Å². The molecule has 0 bridgehead atoms. The predicted molar refractivity (Wildman–Crippen MR) is 160 cm³/mol. The van der Waals surface area contributed by atoms with Crippen molar-refractivity contribution < 1.29 is 22.7 Å². The number of sulfonamides is 1. The molecule has 0 saturated heterocycles. The number of hydrogen-bond donors (Lipinski definition) is 1. The number of methoxy groups -OCH3 is 1. The number of nitrogens with zero attached hydrogens (tertiary/aromatic N) is 1. The average Bonchev–Trinajstić information content (AvgIpc) is 3.36. The molecule has 1 N–H and O–H groups in total. The Labute approximate surface area is 247 Å². The van der Waals surface area contributed by atoms with Crippen LogP contribution in [0, 0.1) is 12.3 Å². The molecule has 3 aromatic rings. The molecule has 0 aliphatic carbocycles. The third-order valence-corrected chi connectivity index (χ3v) is 9.48. The number of esters is 1. The van der Waals surface area contributed by atoms with Crippen molar-refractivity contribution in [1.29, 1.82) is 0 Å². The highest BCUT2D eigenvalue weighted by Crippen LogP contribution is 2.46. The zero-order chi connectivity index (χ0) is 29.9. The minimum absolute atomic E-state index is 0.166. The van der Waals surface area contributed by atoms with Crippen LogP contribution in [0.3, 0.4) is 0 Å². The van der Waals surface area contributed by atoms with E-state index in [1.165, 1.54) is 11.4 Å². The van der Waals surface area contributed by atoms with Crippen LogP contribution >= 0.6 is 11.6 Å². The van der Waals surface area contributed by atoms with Crippen molar-refractivity contribution >= 4 is 33.5 Å². The Hall–Kier alpha value is -3.46. The van der Waals surface area contributed by atoms with Crippen LogP contribution in [-0.2, 0) is 30.8 Å². The Bertz CT molecular complexity index is 1550. The second-order valence-electron chi connectivity index (χ2n) is 11.2. The van der Waals surface area contributed by atoms with Crippen molar-refractivity contribution in [2.75, 3.05) is 7.11 Å². The fraction of sp³-hybridized carbons (Fsp3) is 0.312. The van der Waals surface area contributed by atoms with Gasteiger partial charge in [0.25, 0.3) is 0 Å². The largest absolute Gasteiger partial charge is 0.467 e. The standard InChI is InChI=1S/C32H35ClN2O5S/c1-21-11-9-10-14-27(21)41(38,39)35-28(32(2,3)4)20-25(29(35)23-15-17-24(33)18-16-23)30(36)34-26(31(37)40-5)19-22-12-7-6-8-13-22/h6-18,20,26,28-29H,19H2,1-5H3,(H,34,36)/t26-,28-,29-/m0/s1. The lowest BCUT2D eigenvalue weighted by Gasteiger charge is -2.37. The van der Waals surface area contributed by atoms with Gasteiger partial charge in [0, 0.05) is 23.1 Å². The predicted octanol–water partition coefficient (Wildman–Crippen LogP) is 5.64. The summed E-state index contributed by atoms with van der Waals surface area (Å²) in [5.74, 6) is -1.14. The van der Waals surface area contributed by atoms with E-state index in [-0.39, 0.29) is 16.9 Å². The molecule has 0 spiro atoms. The smallest absolute Gasteiger partial charge is 0.328 e. The minimum atomic E-state index is -4.10. The molecular formula is C32H35ClN2O5S. The minimum Gasteiger partial charge on any atom is -0.467 e. The average molecular weight is 595 g/mol. The van der Waals surface area contributed by atoms with E-state index >= 15 is 0 Å². The lowest BCUT2D eigenvalue weighted by atomic mass is 9.87. The Kier molecular flexibility index (Phi) is 9.07. The lowest BCUT2D eigenvalue weighted by Crippen LogP contribution is -2.46. The second kappa shape index (κ2) is 12.2. The maximum Gasteiger partial charge on any atom is 0.328 e. The van der Waals surface area contributed by atoms with Gasteiger partial charge in [-0.1, -0.05) is 99.1 Å². The molecule has 0 fully saturated rings. The van der Waals surface area contributed by atoms with Crippen LogP contribution in [0.1, 0.15) is 43.5 Å². The first kappa shape index (κ1) is 30.5. The van der Waals surface area contributed by atoms with E-state index in [1.54, 1.807) is 61.5 Å². The van der Waals surface area contributed by atoms with Crippen molar-refractivity contribution in [3.8, 4) is 0 Å². The second-order valence-corrected chi connectivity index (χ2v) is 13.5. The van der Waals surface area contributed by atoms with E-state index in [4.69, 9.17) is 16.3 Å². The topological polar surface area (TPSA) is 92.8 Å². The Balaban J connectivity index is 1.83. The van der Waals surface area contributed by atoms with Gasteiger partial charge in [-0.15, -0.1) is 0 Å². The molecule has 4 rings (SSSR count). The molecule has 3 atom stereocenters. The van der Waals surface area contributed by atoms with Gasteiger partial charge < -0.3 is 10.1 Å². The number of amides is 1. The maximum absolute atomic E-state index is 14.4. The molecule has 1 aliphatic rings. The molecule has 0 saturated carbocycles. The number of benzene rings is 3. The maximum atomic E-state index is 14.4. The Morgan fingerprint density at radius 3 is 2.17 bits per heavy atom. The van der Waals surface area contributed by atoms with Gasteiger partial charge in [-0.3, -0.25) is 4.79 Å². The van der Waals surface area contributed by atoms with Gasteiger partial charge in [-0.25, -0.2) is 13.2 Å². The molecule has 3 aromatic carbocycles. The summed E-state index contributed by atoms with van der Waals surface area (Å²) in [5, 5.41) is 3.32. The molecule has 1 heterocycles. The normalized spacial score (nSPS) is 18.4. The summed E-state index contributed by atoms with van der Waals surface area (Å²) in [6.45, 7) is 7.54. The number of ether oxygens (including phenoxy) is 1. The molecule has 1 amide bonds. The van der Waals surface area contributed by atoms with Crippen LogP contribution in [0.25, 0.3) is 0 Å². The molecule has 7 nitrogen and oxygen atoms in total. The van der Waals surface area contributed by atoms with Gasteiger partial charge in [0.05, 0.1) is 18.0 Å². The number of rotatable bonds is 8. The number of aryl methyl sites for hydroxylation is 1. The zero-order valence-corrected chi connectivity index (χ0v) is 25.4. The fourth-order valence-corrected chi connectivity index (χ4v) is 7.38. The lowest BCUT2D eigenvalue weighted by molar-refractivity contribution is -0.144.